The third kappa shape index (κ3) is 4.94. The Morgan fingerprint density at radius 3 is 2.70 bits per heavy atom. The summed E-state index contributed by atoms with van der Waals surface area (Å²) in [6.07, 6.45) is 15.6. The van der Waals surface area contributed by atoms with Crippen LogP contribution in [0.4, 0.5) is 4.39 Å². The van der Waals surface area contributed by atoms with Gasteiger partial charge in [-0.15, -0.1) is 0 Å². The molecule has 2 aliphatic rings. The molecule has 5 atom stereocenters. The van der Waals surface area contributed by atoms with Crippen LogP contribution in [0.3, 0.4) is 0 Å². The van der Waals surface area contributed by atoms with E-state index in [0.29, 0.717) is 36.7 Å². The van der Waals surface area contributed by atoms with Gasteiger partial charge < -0.3 is 14.0 Å². The SMILES string of the molecule is COCO[C@@H]1CC[C@H]2[C@H](C1)C[C@H](n1cccc1)[C@H]2C=Cc1ccc(-c2cccc(F)c2)cn1. The zero-order valence-corrected chi connectivity index (χ0v) is 19.0. The molecule has 0 aliphatic heterocycles. The molecule has 0 N–H and O–H groups in total. The summed E-state index contributed by atoms with van der Waals surface area (Å²) in [7, 11) is 1.68. The van der Waals surface area contributed by atoms with Crippen molar-refractivity contribution in [3.05, 3.63) is 84.7 Å². The highest BCUT2D eigenvalue weighted by atomic mass is 19.1. The summed E-state index contributed by atoms with van der Waals surface area (Å²) < 4.78 is 27.0. The lowest BCUT2D eigenvalue weighted by atomic mass is 9.76. The third-order valence-corrected chi connectivity index (χ3v) is 7.34. The van der Waals surface area contributed by atoms with Gasteiger partial charge in [-0.1, -0.05) is 24.3 Å². The maximum Gasteiger partial charge on any atom is 0.146 e. The van der Waals surface area contributed by atoms with E-state index in [0.717, 1.165) is 29.7 Å². The van der Waals surface area contributed by atoms with Crippen molar-refractivity contribution in [2.75, 3.05) is 13.9 Å². The van der Waals surface area contributed by atoms with Gasteiger partial charge in [0.1, 0.15) is 12.6 Å². The van der Waals surface area contributed by atoms with Gasteiger partial charge in [-0.3, -0.25) is 4.98 Å². The van der Waals surface area contributed by atoms with Gasteiger partial charge >= 0.3 is 0 Å². The summed E-state index contributed by atoms with van der Waals surface area (Å²) in [5, 5.41) is 0. The largest absolute Gasteiger partial charge is 0.359 e. The van der Waals surface area contributed by atoms with Gasteiger partial charge in [0.15, 0.2) is 0 Å². The fraction of sp³-hybridized carbons (Fsp3) is 0.393. The zero-order chi connectivity index (χ0) is 22.6. The number of rotatable bonds is 7. The van der Waals surface area contributed by atoms with Crippen LogP contribution in [-0.2, 0) is 9.47 Å². The van der Waals surface area contributed by atoms with Crippen LogP contribution < -0.4 is 0 Å². The average molecular weight is 447 g/mol. The first-order chi connectivity index (χ1) is 16.2. The summed E-state index contributed by atoms with van der Waals surface area (Å²) in [5.74, 6) is 1.55. The molecule has 5 rings (SSSR count). The minimum absolute atomic E-state index is 0.231. The van der Waals surface area contributed by atoms with Crippen molar-refractivity contribution in [2.45, 2.75) is 37.8 Å². The number of pyridine rings is 1. The average Bonchev–Trinajstić information content (AvgIpc) is 3.49. The molecular weight excluding hydrogens is 415 g/mol. The van der Waals surface area contributed by atoms with E-state index in [1.54, 1.807) is 19.2 Å². The first kappa shape index (κ1) is 22.1. The summed E-state index contributed by atoms with van der Waals surface area (Å²) in [6, 6.07) is 15.3. The number of allylic oxidation sites excluding steroid dienone is 1. The van der Waals surface area contributed by atoms with Gasteiger partial charge in [-0.05, 0) is 79.5 Å². The van der Waals surface area contributed by atoms with Crippen molar-refractivity contribution in [3.63, 3.8) is 0 Å². The van der Waals surface area contributed by atoms with E-state index in [4.69, 9.17) is 9.47 Å². The predicted molar refractivity (Wildman–Crippen MR) is 128 cm³/mol. The Morgan fingerprint density at radius 1 is 1.06 bits per heavy atom. The van der Waals surface area contributed by atoms with Gasteiger partial charge in [0, 0.05) is 43.2 Å². The molecule has 3 aromatic rings. The molecule has 4 nitrogen and oxygen atoms in total. The summed E-state index contributed by atoms with van der Waals surface area (Å²) in [6.45, 7) is 0.379. The maximum absolute atomic E-state index is 13.6. The van der Waals surface area contributed by atoms with Crippen LogP contribution in [0.2, 0.25) is 0 Å². The van der Waals surface area contributed by atoms with Crippen molar-refractivity contribution >= 4 is 6.08 Å². The molecular formula is C28H31FN2O2. The molecule has 1 aromatic carbocycles. The van der Waals surface area contributed by atoms with Gasteiger partial charge in [0.05, 0.1) is 11.8 Å². The van der Waals surface area contributed by atoms with Crippen molar-refractivity contribution < 1.29 is 13.9 Å². The highest BCUT2D eigenvalue weighted by Gasteiger charge is 2.45. The van der Waals surface area contributed by atoms with Crippen LogP contribution in [-0.4, -0.2) is 29.6 Å². The molecule has 2 aliphatic carbocycles. The summed E-state index contributed by atoms with van der Waals surface area (Å²) in [4.78, 5) is 4.63. The van der Waals surface area contributed by atoms with E-state index in [1.807, 2.05) is 24.4 Å². The second-order valence-electron chi connectivity index (χ2n) is 9.28. The molecule has 5 heteroatoms. The Kier molecular flexibility index (Phi) is 6.70. The number of aromatic nitrogens is 2. The minimum Gasteiger partial charge on any atom is -0.359 e. The van der Waals surface area contributed by atoms with Crippen LogP contribution in [0.25, 0.3) is 17.2 Å². The van der Waals surface area contributed by atoms with Gasteiger partial charge in [-0.25, -0.2) is 4.39 Å². The lowest BCUT2D eigenvalue weighted by Crippen LogP contribution is -2.29. The second-order valence-corrected chi connectivity index (χ2v) is 9.28. The number of ether oxygens (including phenoxy) is 2. The van der Waals surface area contributed by atoms with Crippen LogP contribution in [0.5, 0.6) is 0 Å². The lowest BCUT2D eigenvalue weighted by Gasteiger charge is -2.33. The highest BCUT2D eigenvalue weighted by Crippen LogP contribution is 2.52. The number of hydrogen-bond acceptors (Lipinski definition) is 3. The molecule has 2 aromatic heterocycles. The first-order valence-corrected chi connectivity index (χ1v) is 11.8. The van der Waals surface area contributed by atoms with Crippen LogP contribution >= 0.6 is 0 Å². The van der Waals surface area contributed by atoms with Gasteiger partial charge in [-0.2, -0.15) is 0 Å². The molecule has 172 valence electrons. The van der Waals surface area contributed by atoms with Crippen molar-refractivity contribution in [3.8, 4) is 11.1 Å². The number of halogens is 1. The molecule has 0 bridgehead atoms. The normalized spacial score (nSPS) is 27.2. The van der Waals surface area contributed by atoms with E-state index >= 15 is 0 Å². The number of methoxy groups -OCH3 is 1. The Balaban J connectivity index is 1.33. The monoisotopic (exact) mass is 446 g/mol. The third-order valence-electron chi connectivity index (χ3n) is 7.34. The fourth-order valence-electron chi connectivity index (χ4n) is 5.80. The standard InChI is InChI=1S/C28H31FN2O2/c1-32-19-33-25-10-12-26-22(16-25)17-28(31-13-2-3-14-31)27(26)11-9-24-8-7-21(18-30-24)20-5-4-6-23(29)15-20/h2-9,11,13-15,18,22,25-28H,10,12,16-17,19H2,1H3/t22-,25-,26+,27+,28+/m1/s1. The minimum atomic E-state index is -0.231. The van der Waals surface area contributed by atoms with E-state index in [1.165, 1.54) is 18.9 Å². The zero-order valence-electron chi connectivity index (χ0n) is 19.0. The number of hydrogen-bond donors (Lipinski definition) is 0. The predicted octanol–water partition coefficient (Wildman–Crippen LogP) is 6.37. The van der Waals surface area contributed by atoms with Gasteiger partial charge in [0.2, 0.25) is 0 Å². The molecule has 0 radical (unpaired) electrons. The highest BCUT2D eigenvalue weighted by molar-refractivity contribution is 5.63. The van der Waals surface area contributed by atoms with Crippen molar-refractivity contribution in [2.24, 2.45) is 17.8 Å². The first-order valence-electron chi connectivity index (χ1n) is 11.8. The second kappa shape index (κ2) is 10.0. The molecule has 0 amide bonds. The molecule has 0 unspecified atom stereocenters. The van der Waals surface area contributed by atoms with Crippen molar-refractivity contribution in [1.29, 1.82) is 0 Å². The number of nitrogens with zero attached hydrogens (tertiary/aromatic N) is 2. The molecule has 0 spiro atoms. The Bertz CT molecular complexity index is 1060. The number of fused-ring (bicyclic) bond motifs is 1. The van der Waals surface area contributed by atoms with E-state index in [-0.39, 0.29) is 5.82 Å². The molecule has 0 saturated heterocycles. The lowest BCUT2D eigenvalue weighted by molar-refractivity contribution is -0.0930. The van der Waals surface area contributed by atoms with Crippen LogP contribution in [0.15, 0.2) is 73.2 Å². The Labute approximate surface area is 195 Å². The fourth-order valence-corrected chi connectivity index (χ4v) is 5.80. The maximum atomic E-state index is 13.6. The van der Waals surface area contributed by atoms with E-state index < -0.39 is 0 Å². The molecule has 33 heavy (non-hydrogen) atoms. The van der Waals surface area contributed by atoms with E-state index in [9.17, 15) is 4.39 Å². The number of benzene rings is 1. The van der Waals surface area contributed by atoms with Crippen LogP contribution in [0.1, 0.15) is 37.4 Å². The van der Waals surface area contributed by atoms with E-state index in [2.05, 4.69) is 46.2 Å². The van der Waals surface area contributed by atoms with Crippen LogP contribution in [0, 0.1) is 23.6 Å². The Hall–Kier alpha value is -2.76. The smallest absolute Gasteiger partial charge is 0.146 e. The quantitative estimate of drug-likeness (QED) is 0.396. The Morgan fingerprint density at radius 2 is 1.94 bits per heavy atom. The van der Waals surface area contributed by atoms with Gasteiger partial charge in [0.25, 0.3) is 0 Å². The van der Waals surface area contributed by atoms with Crippen molar-refractivity contribution in [1.82, 2.24) is 9.55 Å². The molecule has 2 fully saturated rings. The summed E-state index contributed by atoms with van der Waals surface area (Å²) >= 11 is 0. The molecule has 2 saturated carbocycles. The topological polar surface area (TPSA) is 36.3 Å². The summed E-state index contributed by atoms with van der Waals surface area (Å²) in [5.41, 5.74) is 2.70. The molecule has 2 heterocycles.